The van der Waals surface area contributed by atoms with Crippen molar-refractivity contribution in [2.75, 3.05) is 0 Å². The van der Waals surface area contributed by atoms with Gasteiger partial charge in [0.25, 0.3) is 0 Å². The van der Waals surface area contributed by atoms with Crippen molar-refractivity contribution in [3.8, 4) is 17.1 Å². The molecule has 3 aromatic carbocycles. The van der Waals surface area contributed by atoms with E-state index in [0.717, 1.165) is 11.0 Å². The van der Waals surface area contributed by atoms with Crippen LogP contribution in [-0.4, -0.2) is 21.0 Å². The van der Waals surface area contributed by atoms with E-state index in [2.05, 4.69) is 9.97 Å². The molecule has 1 atom stereocenters. The molecule has 0 saturated heterocycles. The molecular weight excluding hydrogens is 328 g/mol. The third-order valence-electron chi connectivity index (χ3n) is 4.10. The fourth-order valence-corrected chi connectivity index (χ4v) is 2.86. The summed E-state index contributed by atoms with van der Waals surface area (Å²) in [6.45, 7) is 0. The molecular formula is C21H16N2O3. The number of carbonyl (C=O) groups is 1. The molecule has 2 N–H and O–H groups in total. The zero-order valence-electron chi connectivity index (χ0n) is 13.8. The summed E-state index contributed by atoms with van der Waals surface area (Å²) < 4.78 is 5.88. The zero-order valence-corrected chi connectivity index (χ0v) is 13.8. The number of aromatic amines is 1. The Morgan fingerprint density at radius 1 is 0.923 bits per heavy atom. The summed E-state index contributed by atoms with van der Waals surface area (Å²) in [5.74, 6) is 0.0532. The van der Waals surface area contributed by atoms with Crippen LogP contribution in [0.4, 0.5) is 0 Å². The second kappa shape index (κ2) is 6.72. The minimum Gasteiger partial charge on any atom is -0.478 e. The summed E-state index contributed by atoms with van der Waals surface area (Å²) in [6, 6.07) is 23.9. The number of ether oxygens (including phenoxy) is 1. The van der Waals surface area contributed by atoms with Gasteiger partial charge in [-0.1, -0.05) is 54.6 Å². The van der Waals surface area contributed by atoms with Gasteiger partial charge in [-0.2, -0.15) is 0 Å². The largest absolute Gasteiger partial charge is 0.478 e. The van der Waals surface area contributed by atoms with Gasteiger partial charge in [-0.3, -0.25) is 0 Å². The first kappa shape index (κ1) is 15.9. The van der Waals surface area contributed by atoms with Crippen molar-refractivity contribution in [2.24, 2.45) is 0 Å². The number of carboxylic acids is 1. The van der Waals surface area contributed by atoms with Gasteiger partial charge in [-0.05, 0) is 24.3 Å². The van der Waals surface area contributed by atoms with Crippen LogP contribution in [0.3, 0.4) is 0 Å². The van der Waals surface area contributed by atoms with Gasteiger partial charge in [0.1, 0.15) is 11.6 Å². The molecule has 0 radical (unpaired) electrons. The molecule has 128 valence electrons. The number of aromatic nitrogens is 2. The van der Waals surface area contributed by atoms with Crippen LogP contribution in [-0.2, 0) is 4.79 Å². The number of benzene rings is 3. The summed E-state index contributed by atoms with van der Waals surface area (Å²) >= 11 is 0. The molecule has 4 rings (SSSR count). The van der Waals surface area contributed by atoms with Crippen LogP contribution in [0, 0.1) is 0 Å². The lowest BCUT2D eigenvalue weighted by Gasteiger charge is -2.17. The Hall–Kier alpha value is -3.60. The van der Waals surface area contributed by atoms with Crippen molar-refractivity contribution >= 4 is 17.0 Å². The quantitative estimate of drug-likeness (QED) is 0.561. The average Bonchev–Trinajstić information content (AvgIpc) is 3.11. The highest BCUT2D eigenvalue weighted by molar-refractivity contribution is 5.81. The summed E-state index contributed by atoms with van der Waals surface area (Å²) in [5.41, 5.74) is 3.05. The fourth-order valence-electron chi connectivity index (χ4n) is 2.86. The van der Waals surface area contributed by atoms with Crippen molar-refractivity contribution in [1.29, 1.82) is 0 Å². The van der Waals surface area contributed by atoms with E-state index in [-0.39, 0.29) is 0 Å². The first-order chi connectivity index (χ1) is 12.7. The number of nitrogens with one attached hydrogen (secondary N) is 1. The van der Waals surface area contributed by atoms with Gasteiger partial charge >= 0.3 is 5.97 Å². The maximum atomic E-state index is 11.7. The van der Waals surface area contributed by atoms with Crippen LogP contribution in [0.2, 0.25) is 0 Å². The van der Waals surface area contributed by atoms with Crippen molar-refractivity contribution in [3.63, 3.8) is 0 Å². The van der Waals surface area contributed by atoms with Gasteiger partial charge in [-0.25, -0.2) is 9.78 Å². The van der Waals surface area contributed by atoms with E-state index in [1.807, 2.05) is 48.5 Å². The van der Waals surface area contributed by atoms with E-state index in [4.69, 9.17) is 4.74 Å². The Morgan fingerprint density at radius 3 is 2.38 bits per heavy atom. The maximum Gasteiger partial charge on any atom is 0.349 e. The molecule has 5 heteroatoms. The number of hydrogen-bond acceptors (Lipinski definition) is 3. The Balaban J connectivity index is 1.74. The number of H-pyrrole nitrogens is 1. The van der Waals surface area contributed by atoms with Gasteiger partial charge in [0.15, 0.2) is 0 Å². The second-order valence-electron chi connectivity index (χ2n) is 5.85. The molecule has 0 bridgehead atoms. The van der Waals surface area contributed by atoms with E-state index in [1.165, 1.54) is 0 Å². The topological polar surface area (TPSA) is 75.2 Å². The minimum absolute atomic E-state index is 0.461. The molecule has 4 aromatic rings. The molecule has 0 aliphatic heterocycles. The summed E-state index contributed by atoms with van der Waals surface area (Å²) in [7, 11) is 0. The number of nitrogens with zero attached hydrogens (tertiary/aromatic N) is 1. The minimum atomic E-state index is -1.10. The van der Waals surface area contributed by atoms with Crippen molar-refractivity contribution in [2.45, 2.75) is 6.10 Å². The third-order valence-corrected chi connectivity index (χ3v) is 4.10. The highest BCUT2D eigenvalue weighted by Gasteiger charge is 2.23. The molecule has 0 spiro atoms. The molecule has 1 unspecified atom stereocenters. The Labute approximate surface area is 149 Å². The number of para-hydroxylation sites is 3. The van der Waals surface area contributed by atoms with E-state index in [9.17, 15) is 9.90 Å². The first-order valence-electron chi connectivity index (χ1n) is 8.21. The molecule has 0 aliphatic carbocycles. The average molecular weight is 344 g/mol. The fraction of sp³-hybridized carbons (Fsp3) is 0.0476. The van der Waals surface area contributed by atoms with Crippen LogP contribution in [0.1, 0.15) is 11.7 Å². The van der Waals surface area contributed by atoms with Gasteiger partial charge in [0.05, 0.1) is 16.6 Å². The number of fused-ring (bicyclic) bond motifs is 1. The molecule has 5 nitrogen and oxygen atoms in total. The lowest BCUT2D eigenvalue weighted by Crippen LogP contribution is -2.18. The predicted molar refractivity (Wildman–Crippen MR) is 99.0 cm³/mol. The van der Waals surface area contributed by atoms with Gasteiger partial charge < -0.3 is 14.8 Å². The van der Waals surface area contributed by atoms with Crippen LogP contribution in [0.15, 0.2) is 78.9 Å². The Bertz CT molecular complexity index is 1020. The monoisotopic (exact) mass is 344 g/mol. The molecule has 0 amide bonds. The highest BCUT2D eigenvalue weighted by atomic mass is 16.5. The number of rotatable bonds is 5. The molecule has 1 heterocycles. The standard InChI is InChI=1S/C21H16N2O3/c24-21(25)19(14-8-2-1-3-9-14)26-18-13-7-4-10-15(18)20-22-16-11-5-6-12-17(16)23-20/h1-13,19H,(H,22,23)(H,24,25). The third kappa shape index (κ3) is 3.02. The molecule has 0 fully saturated rings. The van der Waals surface area contributed by atoms with E-state index in [1.54, 1.807) is 30.3 Å². The van der Waals surface area contributed by atoms with Crippen molar-refractivity contribution in [1.82, 2.24) is 9.97 Å². The van der Waals surface area contributed by atoms with Crippen molar-refractivity contribution in [3.05, 3.63) is 84.4 Å². The predicted octanol–water partition coefficient (Wildman–Crippen LogP) is 4.43. The van der Waals surface area contributed by atoms with Crippen LogP contribution < -0.4 is 4.74 Å². The SMILES string of the molecule is O=C(O)C(Oc1ccccc1-c1nc2ccccc2[nH]1)c1ccccc1. The van der Waals surface area contributed by atoms with E-state index < -0.39 is 12.1 Å². The number of carboxylic acid groups (broad SMARTS) is 1. The second-order valence-corrected chi connectivity index (χ2v) is 5.85. The van der Waals surface area contributed by atoms with E-state index >= 15 is 0 Å². The Morgan fingerprint density at radius 2 is 1.62 bits per heavy atom. The first-order valence-corrected chi connectivity index (χ1v) is 8.21. The smallest absolute Gasteiger partial charge is 0.349 e. The van der Waals surface area contributed by atoms with Crippen LogP contribution in [0.5, 0.6) is 5.75 Å². The van der Waals surface area contributed by atoms with Crippen LogP contribution in [0.25, 0.3) is 22.4 Å². The Kier molecular flexibility index (Phi) is 4.11. The molecule has 26 heavy (non-hydrogen) atoms. The summed E-state index contributed by atoms with van der Waals surface area (Å²) in [4.78, 5) is 19.6. The molecule has 0 saturated carbocycles. The summed E-state index contributed by atoms with van der Waals surface area (Å²) in [5, 5.41) is 9.62. The number of aliphatic carboxylic acids is 1. The van der Waals surface area contributed by atoms with E-state index in [0.29, 0.717) is 22.7 Å². The molecule has 0 aliphatic rings. The zero-order chi connectivity index (χ0) is 17.9. The molecule has 1 aromatic heterocycles. The normalized spacial score (nSPS) is 12.0. The number of hydrogen-bond donors (Lipinski definition) is 2. The van der Waals surface area contributed by atoms with Gasteiger partial charge in [0.2, 0.25) is 6.10 Å². The van der Waals surface area contributed by atoms with Crippen molar-refractivity contribution < 1.29 is 14.6 Å². The van der Waals surface area contributed by atoms with Gasteiger partial charge in [-0.15, -0.1) is 0 Å². The number of imidazole rings is 1. The van der Waals surface area contributed by atoms with Crippen LogP contribution >= 0.6 is 0 Å². The summed E-state index contributed by atoms with van der Waals surface area (Å²) in [6.07, 6.45) is -1.10. The lowest BCUT2D eigenvalue weighted by molar-refractivity contribution is -0.145. The lowest BCUT2D eigenvalue weighted by atomic mass is 10.1. The maximum absolute atomic E-state index is 11.7. The van der Waals surface area contributed by atoms with Gasteiger partial charge in [0, 0.05) is 5.56 Å². The highest BCUT2D eigenvalue weighted by Crippen LogP contribution is 2.32.